The van der Waals surface area contributed by atoms with Crippen LogP contribution in [0.15, 0.2) is 35.1 Å². The molecular weight excluding hydrogens is 379 g/mol. The third-order valence-corrected chi connectivity index (χ3v) is 5.02. The molecule has 0 saturated heterocycles. The molecule has 0 radical (unpaired) electrons. The zero-order valence-corrected chi connectivity index (χ0v) is 16.4. The number of hydrogen-bond donors (Lipinski definition) is 0. The highest BCUT2D eigenvalue weighted by molar-refractivity contribution is 5.93. The van der Waals surface area contributed by atoms with Gasteiger partial charge in [0, 0.05) is 51.2 Å². The number of pyridine rings is 1. The van der Waals surface area contributed by atoms with Crippen molar-refractivity contribution in [1.29, 1.82) is 0 Å². The molecule has 2 heterocycles. The Balaban J connectivity index is 1.90. The second kappa shape index (κ2) is 8.89. The third kappa shape index (κ3) is 4.47. The lowest BCUT2D eigenvalue weighted by atomic mass is 10.1. The first-order valence-electron chi connectivity index (χ1n) is 9.39. The van der Waals surface area contributed by atoms with Crippen LogP contribution in [0.5, 0.6) is 5.75 Å². The summed E-state index contributed by atoms with van der Waals surface area (Å²) in [5.74, 6) is -0.936. The van der Waals surface area contributed by atoms with Crippen molar-refractivity contribution < 1.29 is 23.5 Å². The fourth-order valence-corrected chi connectivity index (χ4v) is 3.47. The molecule has 0 spiro atoms. The van der Waals surface area contributed by atoms with E-state index >= 15 is 0 Å². The number of amides is 1. The van der Waals surface area contributed by atoms with Gasteiger partial charge in [-0.3, -0.25) is 9.59 Å². The Kier molecular flexibility index (Phi) is 6.31. The lowest BCUT2D eigenvalue weighted by molar-refractivity contribution is -0.128. The van der Waals surface area contributed by atoms with E-state index in [0.29, 0.717) is 30.8 Å². The van der Waals surface area contributed by atoms with Crippen LogP contribution in [-0.4, -0.2) is 48.1 Å². The largest absolute Gasteiger partial charge is 0.492 e. The number of rotatable bonds is 5. The van der Waals surface area contributed by atoms with Crippen molar-refractivity contribution in [3.63, 3.8) is 0 Å². The average molecular weight is 402 g/mol. The van der Waals surface area contributed by atoms with Gasteiger partial charge >= 0.3 is 5.97 Å². The molecule has 0 N–H and O–H groups in total. The normalized spacial score (nSPS) is 13.4. The first-order chi connectivity index (χ1) is 13.9. The zero-order valence-electron chi connectivity index (χ0n) is 16.4. The van der Waals surface area contributed by atoms with Gasteiger partial charge in [0.1, 0.15) is 17.1 Å². The molecule has 0 aliphatic carbocycles. The molecule has 8 heteroatoms. The van der Waals surface area contributed by atoms with Gasteiger partial charge in [0.15, 0.2) is 0 Å². The Morgan fingerprint density at radius 1 is 1.17 bits per heavy atom. The molecule has 0 bridgehead atoms. The lowest BCUT2D eigenvalue weighted by Gasteiger charge is -2.17. The van der Waals surface area contributed by atoms with E-state index in [1.54, 1.807) is 23.1 Å². The van der Waals surface area contributed by atoms with Crippen molar-refractivity contribution in [1.82, 2.24) is 9.47 Å². The summed E-state index contributed by atoms with van der Waals surface area (Å²) < 4.78 is 25.9. The molecule has 0 fully saturated rings. The Labute approximate surface area is 167 Å². The average Bonchev–Trinajstić information content (AvgIpc) is 2.93. The fourth-order valence-electron chi connectivity index (χ4n) is 3.47. The minimum atomic E-state index is -0.620. The molecule has 1 amide bonds. The summed E-state index contributed by atoms with van der Waals surface area (Å²) in [6, 6.07) is 7.61. The molecule has 7 nitrogen and oxygen atoms in total. The number of carbonyl (C=O) groups is 2. The SMILES string of the molecule is COC(=O)c1c(OCCc2ccccc2F)cc(=O)n2c1CCN(C(C)=O)CC2. The summed E-state index contributed by atoms with van der Waals surface area (Å²) in [6.45, 7) is 2.62. The lowest BCUT2D eigenvalue weighted by Crippen LogP contribution is -2.32. The molecular formula is C21H23FN2O5. The summed E-state index contributed by atoms with van der Waals surface area (Å²) in [6.07, 6.45) is 0.605. The smallest absolute Gasteiger partial charge is 0.343 e. The van der Waals surface area contributed by atoms with Crippen molar-refractivity contribution >= 4 is 11.9 Å². The van der Waals surface area contributed by atoms with Crippen LogP contribution >= 0.6 is 0 Å². The van der Waals surface area contributed by atoms with Crippen molar-refractivity contribution in [2.24, 2.45) is 0 Å². The quantitative estimate of drug-likeness (QED) is 0.713. The predicted octanol–water partition coefficient (Wildman–Crippen LogP) is 1.80. The van der Waals surface area contributed by atoms with Crippen LogP contribution in [0.3, 0.4) is 0 Å². The maximum absolute atomic E-state index is 13.8. The van der Waals surface area contributed by atoms with Crippen molar-refractivity contribution in [3.8, 4) is 5.75 Å². The summed E-state index contributed by atoms with van der Waals surface area (Å²) in [7, 11) is 1.26. The topological polar surface area (TPSA) is 77.8 Å². The summed E-state index contributed by atoms with van der Waals surface area (Å²) in [4.78, 5) is 38.5. The van der Waals surface area contributed by atoms with E-state index in [9.17, 15) is 18.8 Å². The van der Waals surface area contributed by atoms with Gasteiger partial charge in [0.2, 0.25) is 5.91 Å². The Bertz CT molecular complexity index is 986. The van der Waals surface area contributed by atoms with Crippen molar-refractivity contribution in [2.75, 3.05) is 26.8 Å². The third-order valence-electron chi connectivity index (χ3n) is 5.02. The van der Waals surface area contributed by atoms with Crippen LogP contribution in [-0.2, 0) is 28.9 Å². The maximum atomic E-state index is 13.8. The van der Waals surface area contributed by atoms with E-state index in [1.165, 1.54) is 30.7 Å². The number of benzene rings is 1. The van der Waals surface area contributed by atoms with Gasteiger partial charge in [-0.1, -0.05) is 18.2 Å². The number of esters is 1. The highest BCUT2D eigenvalue weighted by Crippen LogP contribution is 2.24. The standard InChI is InChI=1S/C21H23FN2O5/c1-14(25)23-9-7-17-20(21(27)28-2)18(13-19(26)24(17)11-10-23)29-12-8-15-5-3-4-6-16(15)22/h3-6,13H,7-12H2,1-2H3. The molecule has 1 aliphatic heterocycles. The molecule has 29 heavy (non-hydrogen) atoms. The summed E-state index contributed by atoms with van der Waals surface area (Å²) in [5, 5.41) is 0. The van der Waals surface area contributed by atoms with Gasteiger partial charge in [-0.15, -0.1) is 0 Å². The number of hydrogen-bond acceptors (Lipinski definition) is 5. The Morgan fingerprint density at radius 2 is 1.93 bits per heavy atom. The van der Waals surface area contributed by atoms with Gasteiger partial charge in [0.25, 0.3) is 5.56 Å². The van der Waals surface area contributed by atoms with Crippen LogP contribution in [0.4, 0.5) is 4.39 Å². The first-order valence-corrected chi connectivity index (χ1v) is 9.39. The molecule has 0 saturated carbocycles. The van der Waals surface area contributed by atoms with E-state index in [0.717, 1.165) is 0 Å². The van der Waals surface area contributed by atoms with Gasteiger partial charge < -0.3 is 18.9 Å². The molecule has 1 aromatic heterocycles. The van der Waals surface area contributed by atoms with E-state index in [1.807, 2.05) is 0 Å². The molecule has 3 rings (SSSR count). The minimum absolute atomic E-state index is 0.0907. The van der Waals surface area contributed by atoms with Gasteiger partial charge in [-0.05, 0) is 11.6 Å². The second-order valence-corrected chi connectivity index (χ2v) is 6.76. The monoisotopic (exact) mass is 402 g/mol. The van der Waals surface area contributed by atoms with E-state index in [4.69, 9.17) is 9.47 Å². The number of nitrogens with zero attached hydrogens (tertiary/aromatic N) is 2. The minimum Gasteiger partial charge on any atom is -0.492 e. The molecule has 0 atom stereocenters. The Hall–Kier alpha value is -3.16. The highest BCUT2D eigenvalue weighted by atomic mass is 19.1. The van der Waals surface area contributed by atoms with Crippen LogP contribution in [0.2, 0.25) is 0 Å². The van der Waals surface area contributed by atoms with Crippen LogP contribution in [0.25, 0.3) is 0 Å². The Morgan fingerprint density at radius 3 is 2.62 bits per heavy atom. The van der Waals surface area contributed by atoms with Crippen molar-refractivity contribution in [2.45, 2.75) is 26.3 Å². The first kappa shape index (κ1) is 20.6. The van der Waals surface area contributed by atoms with Crippen molar-refractivity contribution in [3.05, 3.63) is 63.3 Å². The highest BCUT2D eigenvalue weighted by Gasteiger charge is 2.26. The fraction of sp³-hybridized carbons (Fsp3) is 0.381. The summed E-state index contributed by atoms with van der Waals surface area (Å²) in [5.41, 5.74) is 0.815. The molecule has 0 unspecified atom stereocenters. The van der Waals surface area contributed by atoms with Crippen LogP contribution in [0, 0.1) is 5.82 Å². The van der Waals surface area contributed by atoms with Crippen LogP contribution < -0.4 is 10.3 Å². The van der Waals surface area contributed by atoms with E-state index < -0.39 is 5.97 Å². The zero-order chi connectivity index (χ0) is 21.0. The van der Waals surface area contributed by atoms with Gasteiger partial charge in [-0.2, -0.15) is 0 Å². The molecule has 1 aromatic carbocycles. The van der Waals surface area contributed by atoms with Gasteiger partial charge in [-0.25, -0.2) is 9.18 Å². The molecule has 2 aromatic rings. The van der Waals surface area contributed by atoms with E-state index in [-0.39, 0.29) is 48.2 Å². The van der Waals surface area contributed by atoms with Crippen LogP contribution in [0.1, 0.15) is 28.5 Å². The molecule has 154 valence electrons. The summed E-state index contributed by atoms with van der Waals surface area (Å²) >= 11 is 0. The number of halogens is 1. The predicted molar refractivity (Wildman–Crippen MR) is 104 cm³/mol. The molecule has 1 aliphatic rings. The maximum Gasteiger partial charge on any atom is 0.343 e. The number of carbonyl (C=O) groups excluding carboxylic acids is 2. The number of fused-ring (bicyclic) bond motifs is 1. The second-order valence-electron chi connectivity index (χ2n) is 6.76. The van der Waals surface area contributed by atoms with Gasteiger partial charge in [0.05, 0.1) is 13.7 Å². The number of ether oxygens (including phenoxy) is 2. The number of aromatic nitrogens is 1. The number of methoxy groups -OCH3 is 1. The van der Waals surface area contributed by atoms with E-state index in [2.05, 4.69) is 0 Å².